The highest BCUT2D eigenvalue weighted by molar-refractivity contribution is 9.10. The molecule has 14 heteroatoms. The van der Waals surface area contributed by atoms with Crippen LogP contribution in [0.2, 0.25) is 0 Å². The second-order valence-electron chi connectivity index (χ2n) is 8.27. The van der Waals surface area contributed by atoms with Crippen LogP contribution in [0.1, 0.15) is 28.7 Å². The quantitative estimate of drug-likeness (QED) is 0.444. The van der Waals surface area contributed by atoms with E-state index < -0.39 is 42.7 Å². The molecule has 0 bridgehead atoms. The van der Waals surface area contributed by atoms with Gasteiger partial charge in [-0.1, -0.05) is 0 Å². The minimum Gasteiger partial charge on any atom is -0.373 e. The number of carbonyl (C=O) groups excluding carboxylic acids is 2. The molecule has 0 fully saturated rings. The standard InChI is InChI=1S/C21H22BrF4N5O4/c1-10-3-16-12(7-30(10)21(33)27-17-4-13(22)14(23)5-15(17)24)19-20(32)29(2)35-11(6-31(19)28-16)8-34-9-18(25)26/h4-5,10-11,18H,3,6-9H2,1-2H3,(H,27,33)/t10-,11?/m1/s1. The average Bonchev–Trinajstić information content (AvgIpc) is 3.06. The van der Waals surface area contributed by atoms with Crippen LogP contribution in [0, 0.1) is 11.6 Å². The van der Waals surface area contributed by atoms with Crippen molar-refractivity contribution in [2.75, 3.05) is 25.6 Å². The second-order valence-corrected chi connectivity index (χ2v) is 9.13. The molecule has 9 nitrogen and oxygen atoms in total. The SMILES string of the molecule is C[C@@H]1Cc2nn3c(c2CN1C(=O)Nc1cc(Br)c(F)cc1F)C(=O)N(C)OC(COCC(F)F)C3. The Kier molecular flexibility index (Phi) is 7.33. The number of carbonyl (C=O) groups is 2. The molecule has 1 N–H and O–H groups in total. The highest BCUT2D eigenvalue weighted by atomic mass is 79.9. The lowest BCUT2D eigenvalue weighted by Crippen LogP contribution is -2.45. The topological polar surface area (TPSA) is 88.9 Å². The molecule has 2 aromatic rings. The maximum atomic E-state index is 14.2. The van der Waals surface area contributed by atoms with Crippen LogP contribution in [0.15, 0.2) is 16.6 Å². The molecule has 1 unspecified atom stereocenters. The molecule has 3 amide bonds. The summed E-state index contributed by atoms with van der Waals surface area (Å²) in [5, 5.41) is 7.95. The number of benzene rings is 1. The minimum atomic E-state index is -2.63. The van der Waals surface area contributed by atoms with Crippen molar-refractivity contribution in [2.45, 2.75) is 45.0 Å². The van der Waals surface area contributed by atoms with Crippen LogP contribution in [0.25, 0.3) is 0 Å². The number of amides is 3. The van der Waals surface area contributed by atoms with E-state index in [2.05, 4.69) is 26.3 Å². The number of ether oxygens (including phenoxy) is 1. The number of aromatic nitrogens is 2. The normalized spacial score (nSPS) is 20.1. The van der Waals surface area contributed by atoms with Gasteiger partial charge in [0.25, 0.3) is 12.3 Å². The number of hydrogen-bond donors (Lipinski definition) is 1. The molecular formula is C21H22BrF4N5O4. The summed E-state index contributed by atoms with van der Waals surface area (Å²) < 4.78 is 58.9. The number of hydrogen-bond acceptors (Lipinski definition) is 5. The predicted molar refractivity (Wildman–Crippen MR) is 118 cm³/mol. The van der Waals surface area contributed by atoms with Crippen LogP contribution in [0.5, 0.6) is 0 Å². The smallest absolute Gasteiger partial charge is 0.322 e. The van der Waals surface area contributed by atoms with E-state index in [9.17, 15) is 27.2 Å². The van der Waals surface area contributed by atoms with E-state index >= 15 is 0 Å². The van der Waals surface area contributed by atoms with E-state index in [-0.39, 0.29) is 41.6 Å². The van der Waals surface area contributed by atoms with Gasteiger partial charge in [0.15, 0.2) is 0 Å². The summed E-state index contributed by atoms with van der Waals surface area (Å²) >= 11 is 2.96. The first-order valence-corrected chi connectivity index (χ1v) is 11.5. The summed E-state index contributed by atoms with van der Waals surface area (Å²) in [6.45, 7) is 0.940. The molecule has 2 atom stereocenters. The van der Waals surface area contributed by atoms with Gasteiger partial charge in [-0.3, -0.25) is 14.3 Å². The summed E-state index contributed by atoms with van der Waals surface area (Å²) in [6, 6.07) is 0.804. The summed E-state index contributed by atoms with van der Waals surface area (Å²) in [5.74, 6) is -2.25. The van der Waals surface area contributed by atoms with E-state index in [0.29, 0.717) is 23.7 Å². The number of alkyl halides is 2. The van der Waals surface area contributed by atoms with Crippen molar-refractivity contribution >= 4 is 33.6 Å². The van der Waals surface area contributed by atoms with Gasteiger partial charge < -0.3 is 15.0 Å². The lowest BCUT2D eigenvalue weighted by molar-refractivity contribution is -0.169. The fraction of sp³-hybridized carbons (Fsp3) is 0.476. The maximum absolute atomic E-state index is 14.2. The molecule has 190 valence electrons. The van der Waals surface area contributed by atoms with E-state index in [4.69, 9.17) is 9.57 Å². The number of urea groups is 1. The third-order valence-corrected chi connectivity index (χ3v) is 6.32. The largest absolute Gasteiger partial charge is 0.373 e. The molecule has 4 rings (SSSR count). The van der Waals surface area contributed by atoms with Crippen molar-refractivity contribution < 1.29 is 36.7 Å². The maximum Gasteiger partial charge on any atom is 0.322 e. The van der Waals surface area contributed by atoms with E-state index in [1.807, 2.05) is 0 Å². The fourth-order valence-electron chi connectivity index (χ4n) is 4.06. The number of nitrogens with one attached hydrogen (secondary N) is 1. The van der Waals surface area contributed by atoms with Gasteiger partial charge in [-0.25, -0.2) is 27.4 Å². The Labute approximate surface area is 206 Å². The number of fused-ring (bicyclic) bond motifs is 3. The van der Waals surface area contributed by atoms with Gasteiger partial charge in [0, 0.05) is 31.1 Å². The Morgan fingerprint density at radius 1 is 1.34 bits per heavy atom. The second kappa shape index (κ2) is 10.1. The first-order chi connectivity index (χ1) is 16.5. The highest BCUT2D eigenvalue weighted by Crippen LogP contribution is 2.30. The first-order valence-electron chi connectivity index (χ1n) is 10.7. The summed E-state index contributed by atoms with van der Waals surface area (Å²) in [6.07, 6.45) is -3.04. The van der Waals surface area contributed by atoms with E-state index in [1.54, 1.807) is 6.92 Å². The van der Waals surface area contributed by atoms with Gasteiger partial charge in [0.1, 0.15) is 30.0 Å². The monoisotopic (exact) mass is 563 g/mol. The number of nitrogens with zero attached hydrogens (tertiary/aromatic N) is 4. The zero-order valence-electron chi connectivity index (χ0n) is 18.7. The predicted octanol–water partition coefficient (Wildman–Crippen LogP) is 3.57. The van der Waals surface area contributed by atoms with Crippen molar-refractivity contribution in [3.63, 3.8) is 0 Å². The molecule has 0 spiro atoms. The molecule has 0 saturated carbocycles. The third kappa shape index (κ3) is 5.28. The fourth-order valence-corrected chi connectivity index (χ4v) is 4.41. The number of hydroxylamine groups is 2. The molecule has 35 heavy (non-hydrogen) atoms. The zero-order valence-corrected chi connectivity index (χ0v) is 20.3. The Hall–Kier alpha value is -2.71. The average molecular weight is 564 g/mol. The Balaban J connectivity index is 1.56. The zero-order chi connectivity index (χ0) is 25.4. The van der Waals surface area contributed by atoms with Crippen LogP contribution in [0.3, 0.4) is 0 Å². The van der Waals surface area contributed by atoms with Gasteiger partial charge in [-0.2, -0.15) is 5.10 Å². The number of halogens is 5. The van der Waals surface area contributed by atoms with E-state index in [0.717, 1.165) is 11.1 Å². The molecule has 0 radical (unpaired) electrons. The van der Waals surface area contributed by atoms with Crippen LogP contribution in [-0.2, 0) is 29.1 Å². The molecule has 0 aliphatic carbocycles. The number of anilines is 1. The van der Waals surface area contributed by atoms with Gasteiger partial charge in [-0.15, -0.1) is 0 Å². The minimum absolute atomic E-state index is 0.00772. The van der Waals surface area contributed by atoms with Crippen LogP contribution < -0.4 is 5.32 Å². The van der Waals surface area contributed by atoms with Crippen LogP contribution >= 0.6 is 15.9 Å². The van der Waals surface area contributed by atoms with E-state index in [1.165, 1.54) is 16.6 Å². The first kappa shape index (κ1) is 25.4. The lowest BCUT2D eigenvalue weighted by atomic mass is 9.99. The summed E-state index contributed by atoms with van der Waals surface area (Å²) in [5.41, 5.74) is 1.13. The molecule has 1 aromatic carbocycles. The summed E-state index contributed by atoms with van der Waals surface area (Å²) in [7, 11) is 1.39. The third-order valence-electron chi connectivity index (χ3n) is 5.72. The molecular weight excluding hydrogens is 542 g/mol. The van der Waals surface area contributed by atoms with Crippen molar-refractivity contribution in [1.29, 1.82) is 0 Å². The highest BCUT2D eigenvalue weighted by Gasteiger charge is 2.37. The summed E-state index contributed by atoms with van der Waals surface area (Å²) in [4.78, 5) is 33.0. The Morgan fingerprint density at radius 2 is 2.09 bits per heavy atom. The van der Waals surface area contributed by atoms with Crippen LogP contribution in [0.4, 0.5) is 28.0 Å². The molecule has 3 heterocycles. The molecule has 2 aliphatic heterocycles. The molecule has 0 saturated heterocycles. The van der Waals surface area contributed by atoms with Crippen LogP contribution in [-0.4, -0.2) is 70.5 Å². The lowest BCUT2D eigenvalue weighted by Gasteiger charge is -2.33. The van der Waals surface area contributed by atoms with Gasteiger partial charge in [0.05, 0.1) is 35.6 Å². The Bertz CT molecular complexity index is 1150. The van der Waals surface area contributed by atoms with Gasteiger partial charge in [0.2, 0.25) is 0 Å². The Morgan fingerprint density at radius 3 is 2.80 bits per heavy atom. The van der Waals surface area contributed by atoms with Crippen molar-refractivity contribution in [2.24, 2.45) is 0 Å². The van der Waals surface area contributed by atoms with Crippen molar-refractivity contribution in [1.82, 2.24) is 19.7 Å². The van der Waals surface area contributed by atoms with Gasteiger partial charge in [-0.05, 0) is 28.9 Å². The van der Waals surface area contributed by atoms with Crippen molar-refractivity contribution in [3.8, 4) is 0 Å². The molecule has 1 aromatic heterocycles. The van der Waals surface area contributed by atoms with Crippen molar-refractivity contribution in [3.05, 3.63) is 45.2 Å². The number of rotatable bonds is 5. The van der Waals surface area contributed by atoms with Gasteiger partial charge >= 0.3 is 6.03 Å². The molecule has 2 aliphatic rings.